The molecule has 0 saturated carbocycles. The second-order valence-electron chi connectivity index (χ2n) is 5.65. The Labute approximate surface area is 147 Å². The van der Waals surface area contributed by atoms with E-state index in [4.69, 9.17) is 4.74 Å². The lowest BCUT2D eigenvalue weighted by Crippen LogP contribution is -2.44. The van der Waals surface area contributed by atoms with Crippen molar-refractivity contribution in [2.75, 3.05) is 33.1 Å². The van der Waals surface area contributed by atoms with Gasteiger partial charge in [0.15, 0.2) is 15.6 Å². The Hall–Kier alpha value is -1.65. The van der Waals surface area contributed by atoms with E-state index in [-0.39, 0.29) is 30.8 Å². The molecule has 0 atom stereocenters. The lowest BCUT2D eigenvalue weighted by molar-refractivity contribution is -0.137. The van der Waals surface area contributed by atoms with Gasteiger partial charge in [-0.05, 0) is 37.1 Å². The Morgan fingerprint density at radius 3 is 2.12 bits per heavy atom. The maximum atomic E-state index is 12.7. The Morgan fingerprint density at radius 1 is 1.08 bits per heavy atom. The highest BCUT2D eigenvalue weighted by molar-refractivity contribution is 7.92. The van der Waals surface area contributed by atoms with Gasteiger partial charge in [0, 0.05) is 13.1 Å². The van der Waals surface area contributed by atoms with Gasteiger partial charge in [0.25, 0.3) is 0 Å². The average Bonchev–Trinajstić information content (AvgIpc) is 2.61. The lowest BCUT2D eigenvalue weighted by Gasteiger charge is -2.30. The van der Waals surface area contributed by atoms with Crippen LogP contribution >= 0.6 is 0 Å². The van der Waals surface area contributed by atoms with Gasteiger partial charge in [0.1, 0.15) is 5.75 Å². The van der Waals surface area contributed by atoms with Gasteiger partial charge in [-0.3, -0.25) is 4.79 Å². The summed E-state index contributed by atoms with van der Waals surface area (Å²) >= 11 is 0. The largest absolute Gasteiger partial charge is 0.497 e. The number of ether oxygens (including phenoxy) is 2. The molecule has 1 heterocycles. The molecule has 0 unspecified atom stereocenters. The highest BCUT2D eigenvalue weighted by atomic mass is 32.2. The number of sulfonamides is 1. The number of esters is 1. The number of hydrogen-bond acceptors (Lipinski definition) is 7. The normalized spacial score (nSPS) is 17.2. The number of sulfone groups is 1. The molecule has 25 heavy (non-hydrogen) atoms. The molecule has 0 amide bonds. The molecular weight excluding hydrogens is 370 g/mol. The van der Waals surface area contributed by atoms with Gasteiger partial charge >= 0.3 is 5.97 Å². The number of piperidine rings is 1. The average molecular weight is 391 g/mol. The molecular formula is C15H21NO7S2. The second kappa shape index (κ2) is 7.71. The predicted molar refractivity (Wildman–Crippen MR) is 90.6 cm³/mol. The number of rotatable bonds is 6. The van der Waals surface area contributed by atoms with Crippen molar-refractivity contribution in [2.24, 2.45) is 0 Å². The first-order chi connectivity index (χ1) is 11.7. The zero-order valence-corrected chi connectivity index (χ0v) is 15.7. The molecule has 8 nitrogen and oxygen atoms in total. The third-order valence-corrected chi connectivity index (χ3v) is 8.18. The summed E-state index contributed by atoms with van der Waals surface area (Å²) in [6, 6.07) is 6.11. The molecule has 1 aromatic rings. The van der Waals surface area contributed by atoms with Crippen LogP contribution in [-0.4, -0.2) is 65.4 Å². The number of carbonyl (C=O) groups is 1. The van der Waals surface area contributed by atoms with E-state index in [0.717, 1.165) is 11.4 Å². The monoisotopic (exact) mass is 391 g/mol. The lowest BCUT2D eigenvalue weighted by atomic mass is 10.2. The summed E-state index contributed by atoms with van der Waals surface area (Å²) in [7, 11) is -4.73. The minimum atomic E-state index is -3.79. The minimum Gasteiger partial charge on any atom is -0.497 e. The Morgan fingerprint density at radius 2 is 1.64 bits per heavy atom. The van der Waals surface area contributed by atoms with Crippen LogP contribution in [0.15, 0.2) is 29.2 Å². The summed E-state index contributed by atoms with van der Waals surface area (Å²) < 4.78 is 60.1. The fourth-order valence-electron chi connectivity index (χ4n) is 2.68. The van der Waals surface area contributed by atoms with Gasteiger partial charge in [-0.2, -0.15) is 0 Å². The van der Waals surface area contributed by atoms with Crippen LogP contribution in [0.1, 0.15) is 12.8 Å². The van der Waals surface area contributed by atoms with Gasteiger partial charge < -0.3 is 9.47 Å². The molecule has 10 heteroatoms. The van der Waals surface area contributed by atoms with Crippen molar-refractivity contribution >= 4 is 25.8 Å². The quantitative estimate of drug-likeness (QED) is 0.648. The second-order valence-corrected chi connectivity index (χ2v) is 9.85. The molecule has 1 saturated heterocycles. The van der Waals surface area contributed by atoms with Crippen LogP contribution in [-0.2, 0) is 29.4 Å². The number of benzene rings is 1. The smallest absolute Gasteiger partial charge is 0.322 e. The molecule has 140 valence electrons. The van der Waals surface area contributed by atoms with Crippen LogP contribution in [0.4, 0.5) is 0 Å². The van der Waals surface area contributed by atoms with Gasteiger partial charge in [-0.15, -0.1) is 0 Å². The molecule has 0 radical (unpaired) electrons. The fraction of sp³-hybridized carbons (Fsp3) is 0.533. The van der Waals surface area contributed by atoms with Gasteiger partial charge in [0.2, 0.25) is 10.0 Å². The Kier molecular flexibility index (Phi) is 6.07. The molecule has 0 bridgehead atoms. The van der Waals surface area contributed by atoms with E-state index in [0.29, 0.717) is 5.75 Å². The molecule has 1 aliphatic rings. The Balaban J connectivity index is 2.06. The number of nitrogens with zero attached hydrogens (tertiary/aromatic N) is 1. The summed E-state index contributed by atoms with van der Waals surface area (Å²) in [5.41, 5.74) is 0. The molecule has 0 N–H and O–H groups in total. The van der Waals surface area contributed by atoms with E-state index >= 15 is 0 Å². The van der Waals surface area contributed by atoms with Crippen molar-refractivity contribution in [3.05, 3.63) is 24.3 Å². The van der Waals surface area contributed by atoms with Crippen molar-refractivity contribution in [3.8, 4) is 5.75 Å². The molecule has 2 rings (SSSR count). The maximum absolute atomic E-state index is 12.7. The Bertz CT molecular complexity index is 808. The topological polar surface area (TPSA) is 107 Å². The van der Waals surface area contributed by atoms with Gasteiger partial charge in [-0.25, -0.2) is 21.1 Å². The van der Waals surface area contributed by atoms with E-state index < -0.39 is 36.8 Å². The standard InChI is InChI=1S/C15H21NO7S2/c1-22-12-3-5-13(6-4-12)25(20,21)14-7-9-16(10-8-14)24(18,19)11-15(17)23-2/h3-6,14H,7-11H2,1-2H3. The van der Waals surface area contributed by atoms with Crippen LogP contribution in [0.25, 0.3) is 0 Å². The molecule has 1 aliphatic heterocycles. The minimum absolute atomic E-state index is 0.0549. The first-order valence-electron chi connectivity index (χ1n) is 7.63. The summed E-state index contributed by atoms with van der Waals surface area (Å²) in [4.78, 5) is 11.4. The highest BCUT2D eigenvalue weighted by Gasteiger charge is 2.35. The van der Waals surface area contributed by atoms with Crippen molar-refractivity contribution in [3.63, 3.8) is 0 Å². The number of carbonyl (C=O) groups excluding carboxylic acids is 1. The summed E-state index contributed by atoms with van der Waals surface area (Å²) in [5.74, 6) is -1.02. The third kappa shape index (κ3) is 4.50. The first-order valence-corrected chi connectivity index (χ1v) is 10.8. The van der Waals surface area contributed by atoms with E-state index in [2.05, 4.69) is 4.74 Å². The van der Waals surface area contributed by atoms with Crippen LogP contribution in [0.3, 0.4) is 0 Å². The third-order valence-electron chi connectivity index (χ3n) is 4.15. The van der Waals surface area contributed by atoms with Crippen molar-refractivity contribution in [1.82, 2.24) is 4.31 Å². The van der Waals surface area contributed by atoms with Crippen LogP contribution in [0, 0.1) is 0 Å². The van der Waals surface area contributed by atoms with Crippen LogP contribution in [0.2, 0.25) is 0 Å². The summed E-state index contributed by atoms with van der Waals surface area (Å²) in [6.45, 7) is 0.110. The van der Waals surface area contributed by atoms with Crippen molar-refractivity contribution in [1.29, 1.82) is 0 Å². The van der Waals surface area contributed by atoms with E-state index in [1.165, 1.54) is 19.2 Å². The molecule has 1 aromatic carbocycles. The molecule has 0 spiro atoms. The van der Waals surface area contributed by atoms with Crippen LogP contribution < -0.4 is 4.74 Å². The van der Waals surface area contributed by atoms with E-state index in [9.17, 15) is 21.6 Å². The number of methoxy groups -OCH3 is 2. The zero-order valence-electron chi connectivity index (χ0n) is 14.0. The number of hydrogen-bond donors (Lipinski definition) is 0. The zero-order chi connectivity index (χ0) is 18.7. The highest BCUT2D eigenvalue weighted by Crippen LogP contribution is 2.27. The SMILES string of the molecule is COC(=O)CS(=O)(=O)N1CCC(S(=O)(=O)c2ccc(OC)cc2)CC1. The van der Waals surface area contributed by atoms with Crippen LogP contribution in [0.5, 0.6) is 5.75 Å². The summed E-state index contributed by atoms with van der Waals surface area (Å²) in [5, 5.41) is -0.662. The van der Waals surface area contributed by atoms with E-state index in [1.807, 2.05) is 0 Å². The van der Waals surface area contributed by atoms with Crippen molar-refractivity contribution in [2.45, 2.75) is 23.0 Å². The first kappa shape index (κ1) is 19.7. The maximum Gasteiger partial charge on any atom is 0.322 e. The molecule has 0 aliphatic carbocycles. The van der Waals surface area contributed by atoms with Gasteiger partial charge in [-0.1, -0.05) is 0 Å². The van der Waals surface area contributed by atoms with Crippen molar-refractivity contribution < 1.29 is 31.1 Å². The molecule has 0 aromatic heterocycles. The fourth-order valence-corrected chi connectivity index (χ4v) is 5.77. The van der Waals surface area contributed by atoms with Gasteiger partial charge in [0.05, 0.1) is 24.4 Å². The molecule has 1 fully saturated rings. The van der Waals surface area contributed by atoms with E-state index in [1.54, 1.807) is 12.1 Å². The summed E-state index contributed by atoms with van der Waals surface area (Å²) in [6.07, 6.45) is 0.351. The predicted octanol–water partition coefficient (Wildman–Crippen LogP) is 0.436.